The molecule has 1 aromatic rings. The molecule has 4 N–H and O–H groups in total. The first-order valence-corrected chi connectivity index (χ1v) is 8.24. The molecule has 1 aliphatic carbocycles. The Hall–Kier alpha value is -1.36. The molecule has 4 nitrogen and oxygen atoms in total. The summed E-state index contributed by atoms with van der Waals surface area (Å²) in [6.45, 7) is 1.85. The molecule has 110 valence electrons. The molecular weight excluding hydrogens is 272 g/mol. The number of hydrogen-bond donors (Lipinski definition) is 3. The lowest BCUT2D eigenvalue weighted by Gasteiger charge is -2.32. The molecule has 20 heavy (non-hydrogen) atoms. The zero-order chi connectivity index (χ0) is 14.7. The van der Waals surface area contributed by atoms with Crippen LogP contribution < -0.4 is 11.1 Å². The third-order valence-corrected chi connectivity index (χ3v) is 5.14. The maximum Gasteiger partial charge on any atom is 0.337 e. The Kier molecular flexibility index (Phi) is 4.81. The van der Waals surface area contributed by atoms with Crippen molar-refractivity contribution in [1.82, 2.24) is 0 Å². The summed E-state index contributed by atoms with van der Waals surface area (Å²) in [5.41, 5.74) is 8.04. The number of aryl methyl sites for hydroxylation is 1. The van der Waals surface area contributed by atoms with Crippen LogP contribution in [0, 0.1) is 6.92 Å². The third-order valence-electron chi connectivity index (χ3n) is 3.97. The molecule has 0 aliphatic heterocycles. The number of anilines is 2. The summed E-state index contributed by atoms with van der Waals surface area (Å²) in [5, 5.41) is 13.3. The summed E-state index contributed by atoms with van der Waals surface area (Å²) >= 11 is 1.89. The van der Waals surface area contributed by atoms with Crippen molar-refractivity contribution < 1.29 is 9.90 Å². The minimum atomic E-state index is -0.973. The molecule has 0 bridgehead atoms. The summed E-state index contributed by atoms with van der Waals surface area (Å²) in [4.78, 5) is 11.2. The van der Waals surface area contributed by atoms with E-state index in [-0.39, 0.29) is 5.56 Å². The lowest BCUT2D eigenvalue weighted by atomic mass is 9.94. The molecule has 0 saturated heterocycles. The van der Waals surface area contributed by atoms with E-state index in [1.807, 2.05) is 24.8 Å². The van der Waals surface area contributed by atoms with Crippen LogP contribution in [0.3, 0.4) is 0 Å². The topological polar surface area (TPSA) is 75.3 Å². The van der Waals surface area contributed by atoms with E-state index in [0.717, 1.165) is 17.7 Å². The van der Waals surface area contributed by atoms with Crippen LogP contribution in [-0.2, 0) is 0 Å². The number of hydrogen-bond acceptors (Lipinski definition) is 4. The van der Waals surface area contributed by atoms with Crippen LogP contribution in [0.2, 0.25) is 0 Å². The molecule has 2 atom stereocenters. The standard InChI is InChI=1S/C15H22N2O2S/c1-9-7-10(8-11(14(9)16)15(18)19)17-12-5-3-4-6-13(12)20-2/h7-8,12-13,17H,3-6,16H2,1-2H3,(H,18,19). The van der Waals surface area contributed by atoms with Gasteiger partial charge in [0.15, 0.2) is 0 Å². The van der Waals surface area contributed by atoms with Crippen molar-refractivity contribution in [2.45, 2.75) is 43.9 Å². The first-order valence-electron chi connectivity index (χ1n) is 6.95. The van der Waals surface area contributed by atoms with Crippen LogP contribution in [0.15, 0.2) is 12.1 Å². The van der Waals surface area contributed by atoms with E-state index in [4.69, 9.17) is 5.73 Å². The van der Waals surface area contributed by atoms with Crippen LogP contribution in [0.1, 0.15) is 41.6 Å². The third kappa shape index (κ3) is 3.20. The number of nitrogens with one attached hydrogen (secondary N) is 1. The van der Waals surface area contributed by atoms with Crippen molar-refractivity contribution in [3.05, 3.63) is 23.3 Å². The molecule has 0 amide bonds. The molecule has 0 radical (unpaired) electrons. The Morgan fingerprint density at radius 3 is 2.75 bits per heavy atom. The van der Waals surface area contributed by atoms with E-state index in [9.17, 15) is 9.90 Å². The van der Waals surface area contributed by atoms with Gasteiger partial charge in [-0.25, -0.2) is 4.79 Å². The fourth-order valence-electron chi connectivity index (χ4n) is 2.82. The van der Waals surface area contributed by atoms with Gasteiger partial charge in [0, 0.05) is 22.7 Å². The fourth-order valence-corrected chi connectivity index (χ4v) is 3.75. The quantitative estimate of drug-likeness (QED) is 0.742. The number of carbonyl (C=O) groups is 1. The lowest BCUT2D eigenvalue weighted by Crippen LogP contribution is -2.34. The highest BCUT2D eigenvalue weighted by molar-refractivity contribution is 7.99. The SMILES string of the molecule is CSC1CCCCC1Nc1cc(C)c(N)c(C(=O)O)c1. The zero-order valence-corrected chi connectivity index (χ0v) is 12.8. The molecule has 1 aromatic carbocycles. The van der Waals surface area contributed by atoms with Crippen molar-refractivity contribution in [3.8, 4) is 0 Å². The number of aromatic carboxylic acids is 1. The first-order chi connectivity index (χ1) is 9.52. The number of rotatable bonds is 4. The van der Waals surface area contributed by atoms with E-state index >= 15 is 0 Å². The Morgan fingerprint density at radius 2 is 2.10 bits per heavy atom. The summed E-state index contributed by atoms with van der Waals surface area (Å²) in [5.74, 6) is -0.973. The predicted molar refractivity (Wildman–Crippen MR) is 85.7 cm³/mol. The number of benzene rings is 1. The maximum absolute atomic E-state index is 11.2. The molecule has 0 spiro atoms. The van der Waals surface area contributed by atoms with Gasteiger partial charge in [0.25, 0.3) is 0 Å². The van der Waals surface area contributed by atoms with Gasteiger partial charge in [-0.1, -0.05) is 12.8 Å². The zero-order valence-electron chi connectivity index (χ0n) is 12.0. The second kappa shape index (κ2) is 6.39. The van der Waals surface area contributed by atoms with Crippen LogP contribution in [0.25, 0.3) is 0 Å². The highest BCUT2D eigenvalue weighted by Crippen LogP contribution is 2.31. The average molecular weight is 294 g/mol. The number of nitrogens with two attached hydrogens (primary N) is 1. The number of thioether (sulfide) groups is 1. The van der Waals surface area contributed by atoms with Crippen LogP contribution >= 0.6 is 11.8 Å². The summed E-state index contributed by atoms with van der Waals surface area (Å²) in [6, 6.07) is 3.99. The van der Waals surface area contributed by atoms with Gasteiger partial charge in [-0.15, -0.1) is 0 Å². The highest BCUT2D eigenvalue weighted by atomic mass is 32.2. The molecule has 2 unspecified atom stereocenters. The predicted octanol–water partition coefficient (Wildman–Crippen LogP) is 3.36. The number of nitrogen functional groups attached to an aromatic ring is 1. The largest absolute Gasteiger partial charge is 0.478 e. The molecule has 1 aliphatic rings. The molecule has 2 rings (SSSR count). The monoisotopic (exact) mass is 294 g/mol. The fraction of sp³-hybridized carbons (Fsp3) is 0.533. The highest BCUT2D eigenvalue weighted by Gasteiger charge is 2.24. The number of carboxylic acids is 1. The second-order valence-corrected chi connectivity index (χ2v) is 6.45. The van der Waals surface area contributed by atoms with E-state index in [0.29, 0.717) is 17.0 Å². The minimum Gasteiger partial charge on any atom is -0.478 e. The van der Waals surface area contributed by atoms with Crippen molar-refractivity contribution >= 4 is 29.1 Å². The number of carboxylic acid groups (broad SMARTS) is 1. The van der Waals surface area contributed by atoms with E-state index in [1.165, 1.54) is 19.3 Å². The molecule has 0 aromatic heterocycles. The Labute approximate surface area is 124 Å². The van der Waals surface area contributed by atoms with E-state index in [2.05, 4.69) is 11.6 Å². The summed E-state index contributed by atoms with van der Waals surface area (Å²) in [7, 11) is 0. The van der Waals surface area contributed by atoms with Crippen LogP contribution in [-0.4, -0.2) is 28.6 Å². The second-order valence-electron chi connectivity index (χ2n) is 5.37. The molecule has 5 heteroatoms. The lowest BCUT2D eigenvalue weighted by molar-refractivity contribution is 0.0698. The molecular formula is C15H22N2O2S. The average Bonchev–Trinajstić information content (AvgIpc) is 2.43. The van der Waals surface area contributed by atoms with Gasteiger partial charge in [0.2, 0.25) is 0 Å². The molecule has 1 saturated carbocycles. The van der Waals surface area contributed by atoms with Gasteiger partial charge in [-0.05, 0) is 43.7 Å². The normalized spacial score (nSPS) is 22.5. The van der Waals surface area contributed by atoms with Gasteiger partial charge in [-0.3, -0.25) is 0 Å². The molecule has 1 fully saturated rings. The Balaban J connectivity index is 2.22. The van der Waals surface area contributed by atoms with E-state index in [1.54, 1.807) is 6.07 Å². The van der Waals surface area contributed by atoms with Crippen LogP contribution in [0.4, 0.5) is 11.4 Å². The minimum absolute atomic E-state index is 0.184. The van der Waals surface area contributed by atoms with Crippen LogP contribution in [0.5, 0.6) is 0 Å². The Bertz CT molecular complexity index is 505. The van der Waals surface area contributed by atoms with Gasteiger partial charge in [-0.2, -0.15) is 11.8 Å². The molecule has 0 heterocycles. The summed E-state index contributed by atoms with van der Waals surface area (Å²) in [6.07, 6.45) is 7.01. The van der Waals surface area contributed by atoms with Crippen molar-refractivity contribution in [2.24, 2.45) is 0 Å². The van der Waals surface area contributed by atoms with Gasteiger partial charge in [0.05, 0.1) is 5.56 Å². The van der Waals surface area contributed by atoms with Gasteiger partial charge in [0.1, 0.15) is 0 Å². The van der Waals surface area contributed by atoms with Crippen molar-refractivity contribution in [3.63, 3.8) is 0 Å². The van der Waals surface area contributed by atoms with Crippen molar-refractivity contribution in [2.75, 3.05) is 17.3 Å². The smallest absolute Gasteiger partial charge is 0.337 e. The van der Waals surface area contributed by atoms with Gasteiger partial charge >= 0.3 is 5.97 Å². The summed E-state index contributed by atoms with van der Waals surface area (Å²) < 4.78 is 0. The first kappa shape index (κ1) is 15.0. The Morgan fingerprint density at radius 1 is 1.40 bits per heavy atom. The maximum atomic E-state index is 11.2. The van der Waals surface area contributed by atoms with Gasteiger partial charge < -0.3 is 16.2 Å². The van der Waals surface area contributed by atoms with E-state index < -0.39 is 5.97 Å². The van der Waals surface area contributed by atoms with Crippen molar-refractivity contribution in [1.29, 1.82) is 0 Å².